The molecule has 3 heteroatoms. The van der Waals surface area contributed by atoms with Crippen LogP contribution in [0.2, 0.25) is 0 Å². The van der Waals surface area contributed by atoms with E-state index in [1.807, 2.05) is 30.3 Å². The molecule has 0 atom stereocenters. The van der Waals surface area contributed by atoms with Crippen molar-refractivity contribution in [2.24, 2.45) is 0 Å². The molecule has 0 fully saturated rings. The quantitative estimate of drug-likeness (QED) is 0.748. The molecule has 0 radical (unpaired) electrons. The van der Waals surface area contributed by atoms with Crippen molar-refractivity contribution in [3.63, 3.8) is 0 Å². The Bertz CT molecular complexity index is 267. The third-order valence-corrected chi connectivity index (χ3v) is 1.47. The maximum Gasteiger partial charge on any atom is 0.303 e. The first kappa shape index (κ1) is 12.4. The van der Waals surface area contributed by atoms with E-state index in [9.17, 15) is 4.79 Å². The Morgan fingerprint density at radius 2 is 1.86 bits per heavy atom. The SMILES string of the molecule is CC=O.O=C(O)CCc1ccccc1. The van der Waals surface area contributed by atoms with Crippen molar-refractivity contribution in [1.82, 2.24) is 0 Å². The number of rotatable bonds is 3. The highest BCUT2D eigenvalue weighted by Crippen LogP contribution is 2.01. The minimum atomic E-state index is -0.742. The van der Waals surface area contributed by atoms with Crippen LogP contribution < -0.4 is 0 Å². The molecular formula is C11H14O3. The van der Waals surface area contributed by atoms with E-state index in [0.717, 1.165) is 11.8 Å². The Labute approximate surface area is 83.4 Å². The average molecular weight is 194 g/mol. The lowest BCUT2D eigenvalue weighted by atomic mass is 10.1. The monoisotopic (exact) mass is 194 g/mol. The highest BCUT2D eigenvalue weighted by Gasteiger charge is 1.96. The lowest BCUT2D eigenvalue weighted by molar-refractivity contribution is -0.136. The fourth-order valence-electron chi connectivity index (χ4n) is 0.896. The molecule has 0 unspecified atom stereocenters. The lowest BCUT2D eigenvalue weighted by Gasteiger charge is -1.95. The van der Waals surface area contributed by atoms with E-state index in [1.165, 1.54) is 6.92 Å². The molecule has 1 N–H and O–H groups in total. The number of carboxylic acid groups (broad SMARTS) is 1. The van der Waals surface area contributed by atoms with E-state index >= 15 is 0 Å². The maximum atomic E-state index is 10.2. The van der Waals surface area contributed by atoms with Gasteiger partial charge in [0.25, 0.3) is 0 Å². The highest BCUT2D eigenvalue weighted by atomic mass is 16.4. The minimum Gasteiger partial charge on any atom is -0.481 e. The van der Waals surface area contributed by atoms with Gasteiger partial charge in [-0.1, -0.05) is 30.3 Å². The van der Waals surface area contributed by atoms with Gasteiger partial charge >= 0.3 is 5.97 Å². The summed E-state index contributed by atoms with van der Waals surface area (Å²) in [6.45, 7) is 1.44. The van der Waals surface area contributed by atoms with Gasteiger partial charge in [0.15, 0.2) is 0 Å². The summed E-state index contributed by atoms with van der Waals surface area (Å²) in [7, 11) is 0. The van der Waals surface area contributed by atoms with Crippen molar-refractivity contribution in [2.45, 2.75) is 19.8 Å². The Morgan fingerprint density at radius 3 is 2.29 bits per heavy atom. The van der Waals surface area contributed by atoms with Gasteiger partial charge in [-0.15, -0.1) is 0 Å². The molecule has 0 aliphatic carbocycles. The Balaban J connectivity index is 0.000000500. The van der Waals surface area contributed by atoms with E-state index in [0.29, 0.717) is 6.42 Å². The second-order valence-electron chi connectivity index (χ2n) is 2.62. The fraction of sp³-hybridized carbons (Fsp3) is 0.273. The number of aldehydes is 1. The van der Waals surface area contributed by atoms with Gasteiger partial charge in [-0.2, -0.15) is 0 Å². The number of aliphatic carboxylic acids is 1. The van der Waals surface area contributed by atoms with Crippen molar-refractivity contribution in [1.29, 1.82) is 0 Å². The Morgan fingerprint density at radius 1 is 1.36 bits per heavy atom. The van der Waals surface area contributed by atoms with Gasteiger partial charge in [0.05, 0.1) is 0 Å². The molecule has 0 heterocycles. The third-order valence-electron chi connectivity index (χ3n) is 1.47. The largest absolute Gasteiger partial charge is 0.481 e. The van der Waals surface area contributed by atoms with Crippen LogP contribution in [0.1, 0.15) is 18.9 Å². The zero-order valence-electron chi connectivity index (χ0n) is 8.14. The molecular weight excluding hydrogens is 180 g/mol. The average Bonchev–Trinajstić information content (AvgIpc) is 2.18. The second kappa shape index (κ2) is 7.98. The molecule has 14 heavy (non-hydrogen) atoms. The Kier molecular flexibility index (Phi) is 7.05. The van der Waals surface area contributed by atoms with Gasteiger partial charge in [-0.25, -0.2) is 0 Å². The normalized spacial score (nSPS) is 8.36. The first-order valence-corrected chi connectivity index (χ1v) is 4.36. The maximum absolute atomic E-state index is 10.2. The van der Waals surface area contributed by atoms with Crippen LogP contribution in [0, 0.1) is 0 Å². The molecule has 3 nitrogen and oxygen atoms in total. The number of carboxylic acids is 1. The van der Waals surface area contributed by atoms with Crippen molar-refractivity contribution in [3.8, 4) is 0 Å². The van der Waals surface area contributed by atoms with Crippen LogP contribution in [0.3, 0.4) is 0 Å². The van der Waals surface area contributed by atoms with Crippen LogP contribution in [0.5, 0.6) is 0 Å². The minimum absolute atomic E-state index is 0.212. The van der Waals surface area contributed by atoms with Gasteiger partial charge in [0.2, 0.25) is 0 Å². The molecule has 0 spiro atoms. The van der Waals surface area contributed by atoms with Gasteiger partial charge in [-0.3, -0.25) is 4.79 Å². The second-order valence-corrected chi connectivity index (χ2v) is 2.62. The zero-order valence-corrected chi connectivity index (χ0v) is 8.14. The van der Waals surface area contributed by atoms with E-state index in [4.69, 9.17) is 9.90 Å². The number of aryl methyl sites for hydroxylation is 1. The van der Waals surface area contributed by atoms with Crippen LogP contribution in [-0.2, 0) is 16.0 Å². The number of carbonyl (C=O) groups is 2. The predicted molar refractivity (Wildman–Crippen MR) is 54.1 cm³/mol. The van der Waals surface area contributed by atoms with Gasteiger partial charge in [0.1, 0.15) is 6.29 Å². The van der Waals surface area contributed by atoms with Crippen LogP contribution in [-0.4, -0.2) is 17.4 Å². The summed E-state index contributed by atoms with van der Waals surface area (Å²) in [6.07, 6.45) is 1.58. The van der Waals surface area contributed by atoms with E-state index in [-0.39, 0.29) is 6.42 Å². The topological polar surface area (TPSA) is 54.4 Å². The van der Waals surface area contributed by atoms with Crippen LogP contribution >= 0.6 is 0 Å². The summed E-state index contributed by atoms with van der Waals surface area (Å²) in [5.41, 5.74) is 1.08. The molecule has 0 saturated carbocycles. The molecule has 1 rings (SSSR count). The molecule has 0 saturated heterocycles. The summed E-state index contributed by atoms with van der Waals surface area (Å²) < 4.78 is 0. The van der Waals surface area contributed by atoms with Crippen molar-refractivity contribution >= 4 is 12.3 Å². The molecule has 0 aliphatic rings. The van der Waals surface area contributed by atoms with E-state index < -0.39 is 5.97 Å². The summed E-state index contributed by atoms with van der Waals surface area (Å²) >= 11 is 0. The third kappa shape index (κ3) is 7.03. The van der Waals surface area contributed by atoms with Crippen molar-refractivity contribution < 1.29 is 14.7 Å². The van der Waals surface area contributed by atoms with Crippen molar-refractivity contribution in [3.05, 3.63) is 35.9 Å². The predicted octanol–water partition coefficient (Wildman–Crippen LogP) is 1.91. The number of hydrogen-bond acceptors (Lipinski definition) is 2. The first-order valence-electron chi connectivity index (χ1n) is 4.36. The Hall–Kier alpha value is -1.64. The fourth-order valence-corrected chi connectivity index (χ4v) is 0.896. The molecule has 1 aromatic rings. The van der Waals surface area contributed by atoms with Crippen LogP contribution in [0.25, 0.3) is 0 Å². The number of hydrogen-bond donors (Lipinski definition) is 1. The van der Waals surface area contributed by atoms with Crippen LogP contribution in [0.4, 0.5) is 0 Å². The number of benzene rings is 1. The molecule has 0 amide bonds. The van der Waals surface area contributed by atoms with Gasteiger partial charge < -0.3 is 9.90 Å². The zero-order chi connectivity index (χ0) is 10.8. The molecule has 0 bridgehead atoms. The highest BCUT2D eigenvalue weighted by molar-refractivity contribution is 5.67. The van der Waals surface area contributed by atoms with Gasteiger partial charge in [0, 0.05) is 6.42 Å². The number of carbonyl (C=O) groups excluding carboxylic acids is 1. The standard InChI is InChI=1S/C9H10O2.C2H4O/c10-9(11)7-6-8-4-2-1-3-5-8;1-2-3/h1-5H,6-7H2,(H,10,11);2H,1H3. The summed E-state index contributed by atoms with van der Waals surface area (Å²) in [5.74, 6) is -0.742. The smallest absolute Gasteiger partial charge is 0.303 e. The summed E-state index contributed by atoms with van der Waals surface area (Å²) in [6, 6.07) is 9.62. The first-order chi connectivity index (χ1) is 6.70. The summed E-state index contributed by atoms with van der Waals surface area (Å²) in [4.78, 5) is 19.0. The van der Waals surface area contributed by atoms with Crippen LogP contribution in [0.15, 0.2) is 30.3 Å². The van der Waals surface area contributed by atoms with Crippen molar-refractivity contribution in [2.75, 3.05) is 0 Å². The molecule has 76 valence electrons. The summed E-state index contributed by atoms with van der Waals surface area (Å²) in [5, 5.41) is 8.37. The molecule has 0 aromatic heterocycles. The molecule has 1 aromatic carbocycles. The van der Waals surface area contributed by atoms with E-state index in [1.54, 1.807) is 0 Å². The van der Waals surface area contributed by atoms with Gasteiger partial charge in [-0.05, 0) is 18.9 Å². The lowest BCUT2D eigenvalue weighted by Crippen LogP contribution is -1.96. The van der Waals surface area contributed by atoms with E-state index in [2.05, 4.69) is 0 Å². The molecule has 0 aliphatic heterocycles.